The van der Waals surface area contributed by atoms with E-state index in [-0.39, 0.29) is 18.1 Å². The molecule has 0 saturated carbocycles. The summed E-state index contributed by atoms with van der Waals surface area (Å²) in [5.74, 6) is 1.16. The van der Waals surface area contributed by atoms with Crippen LogP contribution in [-0.4, -0.2) is 45.9 Å². The molecule has 1 amide bonds. The molecule has 1 aromatic carbocycles. The summed E-state index contributed by atoms with van der Waals surface area (Å²) in [6, 6.07) is 5.02. The fourth-order valence-corrected chi connectivity index (χ4v) is 2.21. The Balaban J connectivity index is 2.07. The fraction of sp³-hybridized carbons (Fsp3) is 0.500. The number of hydrogen-bond acceptors (Lipinski definition) is 5. The van der Waals surface area contributed by atoms with Crippen LogP contribution in [0, 0.1) is 0 Å². The van der Waals surface area contributed by atoms with E-state index in [1.807, 2.05) is 0 Å². The van der Waals surface area contributed by atoms with Gasteiger partial charge in [0.15, 0.2) is 0 Å². The third kappa shape index (κ3) is 3.20. The predicted molar refractivity (Wildman–Crippen MR) is 75.4 cm³/mol. The van der Waals surface area contributed by atoms with Crippen molar-refractivity contribution < 1.29 is 19.0 Å². The molecule has 2 rings (SSSR count). The van der Waals surface area contributed by atoms with E-state index in [9.17, 15) is 4.79 Å². The lowest BCUT2D eigenvalue weighted by molar-refractivity contribution is -0.118. The molecule has 6 nitrogen and oxygen atoms in total. The second-order valence-corrected chi connectivity index (χ2v) is 4.61. The normalized spacial score (nSPS) is 21.6. The molecule has 110 valence electrons. The summed E-state index contributed by atoms with van der Waals surface area (Å²) in [6.07, 6.45) is 0.743. The first-order valence-corrected chi connectivity index (χ1v) is 6.47. The van der Waals surface area contributed by atoms with Crippen molar-refractivity contribution in [2.24, 2.45) is 0 Å². The Kier molecular flexibility index (Phi) is 4.81. The van der Waals surface area contributed by atoms with Gasteiger partial charge in [-0.1, -0.05) is 0 Å². The number of nitrogens with one attached hydrogen (secondary N) is 2. The highest BCUT2D eigenvalue weighted by Gasteiger charge is 2.29. The van der Waals surface area contributed by atoms with Crippen molar-refractivity contribution in [1.29, 1.82) is 0 Å². The summed E-state index contributed by atoms with van der Waals surface area (Å²) in [6.45, 7) is 0.684. The van der Waals surface area contributed by atoms with E-state index in [2.05, 4.69) is 10.6 Å². The van der Waals surface area contributed by atoms with Gasteiger partial charge in [0.25, 0.3) is 0 Å². The van der Waals surface area contributed by atoms with Crippen molar-refractivity contribution >= 4 is 11.6 Å². The summed E-state index contributed by atoms with van der Waals surface area (Å²) < 4.78 is 15.6. The largest absolute Gasteiger partial charge is 0.497 e. The van der Waals surface area contributed by atoms with Crippen LogP contribution in [0.5, 0.6) is 11.5 Å². The number of hydrogen-bond donors (Lipinski definition) is 2. The molecule has 1 aliphatic heterocycles. The van der Waals surface area contributed by atoms with Crippen LogP contribution in [0.15, 0.2) is 18.2 Å². The molecule has 1 aliphatic rings. The van der Waals surface area contributed by atoms with Gasteiger partial charge in [-0.25, -0.2) is 0 Å². The minimum atomic E-state index is -0.254. The summed E-state index contributed by atoms with van der Waals surface area (Å²) >= 11 is 0. The number of ether oxygens (including phenoxy) is 3. The van der Waals surface area contributed by atoms with Gasteiger partial charge in [-0.15, -0.1) is 0 Å². The van der Waals surface area contributed by atoms with E-state index in [0.717, 1.165) is 0 Å². The predicted octanol–water partition coefficient (Wildman–Crippen LogP) is 1.02. The molecule has 2 N–H and O–H groups in total. The maximum atomic E-state index is 12.2. The molecule has 0 aliphatic carbocycles. The van der Waals surface area contributed by atoms with E-state index in [4.69, 9.17) is 14.2 Å². The Morgan fingerprint density at radius 1 is 1.30 bits per heavy atom. The quantitative estimate of drug-likeness (QED) is 0.843. The monoisotopic (exact) mass is 280 g/mol. The third-order valence-electron chi connectivity index (χ3n) is 3.40. The fourth-order valence-electron chi connectivity index (χ4n) is 2.21. The van der Waals surface area contributed by atoms with Gasteiger partial charge in [0, 0.05) is 19.7 Å². The van der Waals surface area contributed by atoms with E-state index in [1.54, 1.807) is 39.5 Å². The highest BCUT2D eigenvalue weighted by molar-refractivity contribution is 5.96. The van der Waals surface area contributed by atoms with Crippen molar-refractivity contribution in [3.8, 4) is 11.5 Å². The molecule has 20 heavy (non-hydrogen) atoms. The molecule has 1 aromatic rings. The molecule has 0 radical (unpaired) electrons. The first-order chi connectivity index (χ1) is 9.67. The van der Waals surface area contributed by atoms with Gasteiger partial charge in [-0.3, -0.25) is 4.79 Å². The van der Waals surface area contributed by atoms with Crippen molar-refractivity contribution in [1.82, 2.24) is 5.32 Å². The summed E-state index contributed by atoms with van der Waals surface area (Å²) in [7, 11) is 4.79. The Morgan fingerprint density at radius 2 is 2.10 bits per heavy atom. The van der Waals surface area contributed by atoms with Crippen LogP contribution in [0.25, 0.3) is 0 Å². The molecule has 2 unspecified atom stereocenters. The van der Waals surface area contributed by atoms with Crippen LogP contribution in [0.2, 0.25) is 0 Å². The molecule has 1 fully saturated rings. The topological polar surface area (TPSA) is 68.8 Å². The Hall–Kier alpha value is -1.79. The first kappa shape index (κ1) is 14.6. The highest BCUT2D eigenvalue weighted by atomic mass is 16.5. The smallest absolute Gasteiger partial charge is 0.241 e. The maximum absolute atomic E-state index is 12.2. The average molecular weight is 280 g/mol. The lowest BCUT2D eigenvalue weighted by atomic mass is 10.2. The van der Waals surface area contributed by atoms with E-state index in [1.165, 1.54) is 0 Å². The van der Waals surface area contributed by atoms with E-state index < -0.39 is 0 Å². The van der Waals surface area contributed by atoms with Crippen LogP contribution >= 0.6 is 0 Å². The number of methoxy groups -OCH3 is 3. The lowest BCUT2D eigenvalue weighted by Gasteiger charge is -2.14. The van der Waals surface area contributed by atoms with Crippen LogP contribution in [0.1, 0.15) is 6.42 Å². The van der Waals surface area contributed by atoms with Gasteiger partial charge in [-0.2, -0.15) is 0 Å². The van der Waals surface area contributed by atoms with Gasteiger partial charge in [-0.05, 0) is 18.6 Å². The second kappa shape index (κ2) is 6.58. The van der Waals surface area contributed by atoms with Crippen LogP contribution in [-0.2, 0) is 9.53 Å². The van der Waals surface area contributed by atoms with Gasteiger partial charge >= 0.3 is 0 Å². The van der Waals surface area contributed by atoms with Crippen molar-refractivity contribution in [2.75, 3.05) is 33.2 Å². The summed E-state index contributed by atoms with van der Waals surface area (Å²) in [5, 5.41) is 6.00. The number of amides is 1. The number of carbonyl (C=O) groups is 1. The number of rotatable bonds is 5. The minimum absolute atomic E-state index is 0.0814. The van der Waals surface area contributed by atoms with Crippen LogP contribution in [0.3, 0.4) is 0 Å². The zero-order valence-corrected chi connectivity index (χ0v) is 11.9. The molecular weight excluding hydrogens is 260 g/mol. The molecule has 0 bridgehead atoms. The molecule has 1 saturated heterocycles. The summed E-state index contributed by atoms with van der Waals surface area (Å²) in [4.78, 5) is 12.2. The maximum Gasteiger partial charge on any atom is 0.241 e. The van der Waals surface area contributed by atoms with Crippen molar-refractivity contribution in [2.45, 2.75) is 18.6 Å². The highest BCUT2D eigenvalue weighted by Crippen LogP contribution is 2.29. The summed E-state index contributed by atoms with van der Waals surface area (Å²) in [5.41, 5.74) is 0.597. The third-order valence-corrected chi connectivity index (χ3v) is 3.40. The molecular formula is C14H20N2O4. The van der Waals surface area contributed by atoms with E-state index >= 15 is 0 Å². The zero-order valence-electron chi connectivity index (χ0n) is 11.9. The second-order valence-electron chi connectivity index (χ2n) is 4.61. The Bertz CT molecular complexity index is 478. The minimum Gasteiger partial charge on any atom is -0.497 e. The average Bonchev–Trinajstić information content (AvgIpc) is 2.96. The SMILES string of the molecule is COc1ccc(OC)c(NC(=O)C2CC(OC)CN2)c1. The van der Waals surface area contributed by atoms with E-state index in [0.29, 0.717) is 30.2 Å². The number of carbonyl (C=O) groups excluding carboxylic acids is 1. The van der Waals surface area contributed by atoms with Crippen molar-refractivity contribution in [3.63, 3.8) is 0 Å². The number of anilines is 1. The number of benzene rings is 1. The van der Waals surface area contributed by atoms with Gasteiger partial charge in [0.05, 0.1) is 32.1 Å². The van der Waals surface area contributed by atoms with Gasteiger partial charge in [0.2, 0.25) is 5.91 Å². The Labute approximate surface area is 118 Å². The van der Waals surface area contributed by atoms with Gasteiger partial charge < -0.3 is 24.8 Å². The zero-order chi connectivity index (χ0) is 14.5. The first-order valence-electron chi connectivity index (χ1n) is 6.47. The van der Waals surface area contributed by atoms with Crippen LogP contribution < -0.4 is 20.1 Å². The molecule has 0 spiro atoms. The van der Waals surface area contributed by atoms with Crippen molar-refractivity contribution in [3.05, 3.63) is 18.2 Å². The lowest BCUT2D eigenvalue weighted by Crippen LogP contribution is -2.35. The van der Waals surface area contributed by atoms with Crippen LogP contribution in [0.4, 0.5) is 5.69 Å². The van der Waals surface area contributed by atoms with Gasteiger partial charge in [0.1, 0.15) is 11.5 Å². The molecule has 2 atom stereocenters. The molecule has 0 aromatic heterocycles. The molecule has 1 heterocycles. The standard InChI is InChI=1S/C14H20N2O4/c1-18-9-4-5-13(20-3)11(6-9)16-14(17)12-7-10(19-2)8-15-12/h4-6,10,12,15H,7-8H2,1-3H3,(H,16,17). The molecule has 6 heteroatoms. The Morgan fingerprint density at radius 3 is 2.70 bits per heavy atom.